The van der Waals surface area contributed by atoms with E-state index in [9.17, 15) is 4.79 Å². The molecule has 0 bridgehead atoms. The number of nitrogens with two attached hydrogens (primary N) is 1. The van der Waals surface area contributed by atoms with Crippen LogP contribution < -0.4 is 11.3 Å². The number of nitrogen functional groups attached to an aromatic ring is 1. The lowest BCUT2D eigenvalue weighted by Crippen LogP contribution is -2.11. The maximum Gasteiger partial charge on any atom is 0.278 e. The van der Waals surface area contributed by atoms with Crippen molar-refractivity contribution in [3.8, 4) is 0 Å². The summed E-state index contributed by atoms with van der Waals surface area (Å²) in [5.41, 5.74) is 7.83. The van der Waals surface area contributed by atoms with Gasteiger partial charge in [0, 0.05) is 24.4 Å². The first-order chi connectivity index (χ1) is 8.24. The Bertz CT molecular complexity index is 659. The SMILES string of the molecule is Nc1nc2c(c(=O)[nH]1)N=C(c1cccnc1)C2. The molecule has 2 aromatic rings. The number of aromatic nitrogens is 3. The van der Waals surface area contributed by atoms with Crippen LogP contribution in [-0.2, 0) is 6.42 Å². The smallest absolute Gasteiger partial charge is 0.278 e. The van der Waals surface area contributed by atoms with Crippen LogP contribution in [0, 0.1) is 0 Å². The highest BCUT2D eigenvalue weighted by atomic mass is 16.1. The van der Waals surface area contributed by atoms with E-state index in [4.69, 9.17) is 5.73 Å². The number of pyridine rings is 1. The van der Waals surface area contributed by atoms with Crippen LogP contribution in [0.5, 0.6) is 0 Å². The second kappa shape index (κ2) is 3.51. The van der Waals surface area contributed by atoms with Gasteiger partial charge in [-0.1, -0.05) is 6.07 Å². The number of nitrogens with one attached hydrogen (secondary N) is 1. The number of nitrogens with zero attached hydrogens (tertiary/aromatic N) is 3. The van der Waals surface area contributed by atoms with E-state index in [1.807, 2.05) is 12.1 Å². The number of aromatic amines is 1. The Labute approximate surface area is 96.3 Å². The molecule has 0 spiro atoms. The molecule has 1 aliphatic rings. The monoisotopic (exact) mass is 227 g/mol. The molecule has 84 valence electrons. The van der Waals surface area contributed by atoms with Crippen LogP contribution in [0.3, 0.4) is 0 Å². The summed E-state index contributed by atoms with van der Waals surface area (Å²) < 4.78 is 0. The zero-order valence-corrected chi connectivity index (χ0v) is 8.84. The summed E-state index contributed by atoms with van der Waals surface area (Å²) in [6.07, 6.45) is 3.91. The van der Waals surface area contributed by atoms with Crippen molar-refractivity contribution in [3.05, 3.63) is 46.1 Å². The lowest BCUT2D eigenvalue weighted by Gasteiger charge is -1.98. The van der Waals surface area contributed by atoms with E-state index >= 15 is 0 Å². The molecule has 17 heavy (non-hydrogen) atoms. The maximum absolute atomic E-state index is 11.6. The van der Waals surface area contributed by atoms with Gasteiger partial charge < -0.3 is 5.73 Å². The number of H-pyrrole nitrogens is 1. The zero-order valence-electron chi connectivity index (χ0n) is 8.84. The van der Waals surface area contributed by atoms with Gasteiger partial charge in [-0.3, -0.25) is 14.8 Å². The van der Waals surface area contributed by atoms with Crippen LogP contribution in [0.2, 0.25) is 0 Å². The molecule has 1 aliphatic heterocycles. The molecule has 6 heteroatoms. The van der Waals surface area contributed by atoms with Crippen molar-refractivity contribution in [2.24, 2.45) is 4.99 Å². The molecule has 0 radical (unpaired) electrons. The Kier molecular flexibility index (Phi) is 2.01. The summed E-state index contributed by atoms with van der Waals surface area (Å²) in [4.78, 5) is 26.4. The molecule has 0 atom stereocenters. The summed E-state index contributed by atoms with van der Waals surface area (Å²) >= 11 is 0. The Morgan fingerprint density at radius 3 is 3.06 bits per heavy atom. The summed E-state index contributed by atoms with van der Waals surface area (Å²) in [6, 6.07) is 3.72. The third-order valence-electron chi connectivity index (χ3n) is 2.56. The van der Waals surface area contributed by atoms with Gasteiger partial charge in [0.25, 0.3) is 5.56 Å². The van der Waals surface area contributed by atoms with Gasteiger partial charge in [-0.2, -0.15) is 0 Å². The van der Waals surface area contributed by atoms with Gasteiger partial charge in [0.05, 0.1) is 11.4 Å². The molecular formula is C11H9N5O. The lowest BCUT2D eigenvalue weighted by atomic mass is 10.1. The van der Waals surface area contributed by atoms with Gasteiger partial charge in [0.1, 0.15) is 0 Å². The van der Waals surface area contributed by atoms with Crippen LogP contribution in [0.25, 0.3) is 0 Å². The van der Waals surface area contributed by atoms with E-state index in [2.05, 4.69) is 19.9 Å². The molecule has 0 saturated carbocycles. The van der Waals surface area contributed by atoms with Crippen molar-refractivity contribution in [2.45, 2.75) is 6.42 Å². The van der Waals surface area contributed by atoms with Crippen LogP contribution in [-0.4, -0.2) is 20.7 Å². The van der Waals surface area contributed by atoms with Crippen molar-refractivity contribution >= 4 is 17.3 Å². The van der Waals surface area contributed by atoms with Crippen molar-refractivity contribution in [2.75, 3.05) is 5.73 Å². The molecule has 3 rings (SSSR count). The molecule has 0 saturated heterocycles. The number of anilines is 1. The number of aliphatic imine (C=N–C) groups is 1. The first-order valence-electron chi connectivity index (χ1n) is 5.10. The average Bonchev–Trinajstić information content (AvgIpc) is 2.74. The first-order valence-corrected chi connectivity index (χ1v) is 5.10. The Morgan fingerprint density at radius 1 is 1.41 bits per heavy atom. The van der Waals surface area contributed by atoms with Crippen molar-refractivity contribution in [3.63, 3.8) is 0 Å². The Balaban J connectivity index is 2.09. The van der Waals surface area contributed by atoms with E-state index in [0.717, 1.165) is 11.3 Å². The minimum atomic E-state index is -0.300. The van der Waals surface area contributed by atoms with E-state index < -0.39 is 0 Å². The van der Waals surface area contributed by atoms with Gasteiger partial charge in [-0.05, 0) is 6.07 Å². The Morgan fingerprint density at radius 2 is 2.29 bits per heavy atom. The average molecular weight is 227 g/mol. The van der Waals surface area contributed by atoms with Crippen molar-refractivity contribution in [1.82, 2.24) is 15.0 Å². The molecule has 2 aromatic heterocycles. The standard InChI is InChI=1S/C11H9N5O/c12-11-15-8-4-7(6-2-1-3-13-5-6)14-9(8)10(17)16-11/h1-3,5H,4H2,(H3,12,15,16,17). The second-order valence-electron chi connectivity index (χ2n) is 3.72. The third-order valence-corrected chi connectivity index (χ3v) is 2.56. The molecule has 6 nitrogen and oxygen atoms in total. The molecule has 3 N–H and O–H groups in total. The van der Waals surface area contributed by atoms with Gasteiger partial charge in [-0.15, -0.1) is 0 Å². The number of hydrogen-bond donors (Lipinski definition) is 2. The predicted molar refractivity (Wildman–Crippen MR) is 63.4 cm³/mol. The predicted octanol–water partition coefficient (Wildman–Crippen LogP) is 0.424. The molecule has 0 fully saturated rings. The molecule has 0 amide bonds. The summed E-state index contributed by atoms with van der Waals surface area (Å²) in [5.74, 6) is 0.122. The van der Waals surface area contributed by atoms with Crippen LogP contribution in [0.1, 0.15) is 11.3 Å². The van der Waals surface area contributed by atoms with Crippen LogP contribution in [0.15, 0.2) is 34.3 Å². The Hall–Kier alpha value is -2.50. The fourth-order valence-corrected chi connectivity index (χ4v) is 1.80. The van der Waals surface area contributed by atoms with Gasteiger partial charge >= 0.3 is 0 Å². The largest absolute Gasteiger partial charge is 0.369 e. The fourth-order valence-electron chi connectivity index (χ4n) is 1.80. The molecule has 0 aromatic carbocycles. The third kappa shape index (κ3) is 1.59. The summed E-state index contributed by atoms with van der Waals surface area (Å²) in [6.45, 7) is 0. The quantitative estimate of drug-likeness (QED) is 0.737. The van der Waals surface area contributed by atoms with Crippen molar-refractivity contribution in [1.29, 1.82) is 0 Å². The normalized spacial score (nSPS) is 13.3. The second-order valence-corrected chi connectivity index (χ2v) is 3.72. The van der Waals surface area contributed by atoms with Gasteiger partial charge in [0.15, 0.2) is 5.69 Å². The fraction of sp³-hybridized carbons (Fsp3) is 0.0909. The van der Waals surface area contributed by atoms with Crippen LogP contribution in [0.4, 0.5) is 11.6 Å². The minimum absolute atomic E-state index is 0.122. The van der Waals surface area contributed by atoms with Crippen LogP contribution >= 0.6 is 0 Å². The van der Waals surface area contributed by atoms with E-state index in [1.165, 1.54) is 0 Å². The van der Waals surface area contributed by atoms with E-state index in [0.29, 0.717) is 17.8 Å². The lowest BCUT2D eigenvalue weighted by molar-refractivity contribution is 1.07. The molecule has 3 heterocycles. The highest BCUT2D eigenvalue weighted by Crippen LogP contribution is 2.23. The molecule has 0 aliphatic carbocycles. The number of fused-ring (bicyclic) bond motifs is 1. The van der Waals surface area contributed by atoms with E-state index in [1.54, 1.807) is 12.4 Å². The number of rotatable bonds is 1. The van der Waals surface area contributed by atoms with E-state index in [-0.39, 0.29) is 11.5 Å². The maximum atomic E-state index is 11.6. The highest BCUT2D eigenvalue weighted by Gasteiger charge is 2.20. The summed E-state index contributed by atoms with van der Waals surface area (Å²) in [5, 5.41) is 0. The molecule has 0 unspecified atom stereocenters. The minimum Gasteiger partial charge on any atom is -0.369 e. The summed E-state index contributed by atoms with van der Waals surface area (Å²) in [7, 11) is 0. The molecular weight excluding hydrogens is 218 g/mol. The topological polar surface area (TPSA) is 97.0 Å². The van der Waals surface area contributed by atoms with Gasteiger partial charge in [-0.25, -0.2) is 9.98 Å². The number of hydrogen-bond acceptors (Lipinski definition) is 5. The zero-order chi connectivity index (χ0) is 11.8. The highest BCUT2D eigenvalue weighted by molar-refractivity contribution is 6.05. The van der Waals surface area contributed by atoms with Gasteiger partial charge in [0.2, 0.25) is 5.95 Å². The van der Waals surface area contributed by atoms with Crippen molar-refractivity contribution < 1.29 is 0 Å². The first kappa shape index (κ1) is 9.71.